The highest BCUT2D eigenvalue weighted by Gasteiger charge is 2.17. The molecular formula is C23H23N5O. The molecule has 1 aliphatic heterocycles. The molecule has 0 fully saturated rings. The first-order valence-corrected chi connectivity index (χ1v) is 9.96. The molecule has 146 valence electrons. The summed E-state index contributed by atoms with van der Waals surface area (Å²) in [5.41, 5.74) is 7.12. The molecule has 6 heteroatoms. The molecule has 1 aromatic carbocycles. The van der Waals surface area contributed by atoms with Crippen LogP contribution in [0.25, 0.3) is 27.8 Å². The summed E-state index contributed by atoms with van der Waals surface area (Å²) < 4.78 is 3.97. The Morgan fingerprint density at radius 2 is 1.86 bits per heavy atom. The molecule has 1 aliphatic rings. The first-order chi connectivity index (χ1) is 14.1. The van der Waals surface area contributed by atoms with Crippen LogP contribution in [-0.2, 0) is 19.9 Å². The van der Waals surface area contributed by atoms with E-state index < -0.39 is 0 Å². The summed E-state index contributed by atoms with van der Waals surface area (Å²) >= 11 is 0. The van der Waals surface area contributed by atoms with Gasteiger partial charge in [0.15, 0.2) is 0 Å². The van der Waals surface area contributed by atoms with E-state index in [0.717, 1.165) is 42.9 Å². The topological polar surface area (TPSA) is 64.7 Å². The Kier molecular flexibility index (Phi) is 4.28. The summed E-state index contributed by atoms with van der Waals surface area (Å²) in [6.45, 7) is 3.91. The zero-order chi connectivity index (χ0) is 20.0. The number of hydrogen-bond acceptors (Lipinski definition) is 4. The Bertz CT molecular complexity index is 1270. The van der Waals surface area contributed by atoms with E-state index in [9.17, 15) is 4.79 Å². The molecule has 5 rings (SSSR count). The molecule has 6 nitrogen and oxygen atoms in total. The van der Waals surface area contributed by atoms with Gasteiger partial charge in [-0.1, -0.05) is 6.07 Å². The maximum absolute atomic E-state index is 12.8. The molecule has 3 aromatic heterocycles. The predicted molar refractivity (Wildman–Crippen MR) is 115 cm³/mol. The third-order valence-electron chi connectivity index (χ3n) is 5.80. The van der Waals surface area contributed by atoms with Crippen LogP contribution < -0.4 is 10.9 Å². The number of rotatable bonds is 2. The predicted octanol–water partition coefficient (Wildman–Crippen LogP) is 2.78. The third kappa shape index (κ3) is 3.06. The van der Waals surface area contributed by atoms with Crippen molar-refractivity contribution in [2.45, 2.75) is 19.8 Å². The Morgan fingerprint density at radius 1 is 1.00 bits per heavy atom. The van der Waals surface area contributed by atoms with Crippen molar-refractivity contribution in [3.63, 3.8) is 0 Å². The van der Waals surface area contributed by atoms with Crippen molar-refractivity contribution in [1.82, 2.24) is 24.6 Å². The van der Waals surface area contributed by atoms with Crippen LogP contribution >= 0.6 is 0 Å². The minimum Gasteiger partial charge on any atom is -0.347 e. The molecule has 0 bridgehead atoms. The highest BCUT2D eigenvalue weighted by molar-refractivity contribution is 5.87. The van der Waals surface area contributed by atoms with Crippen molar-refractivity contribution in [2.75, 3.05) is 13.1 Å². The van der Waals surface area contributed by atoms with E-state index in [0.29, 0.717) is 5.69 Å². The van der Waals surface area contributed by atoms with Gasteiger partial charge in [0.25, 0.3) is 5.56 Å². The molecule has 29 heavy (non-hydrogen) atoms. The maximum Gasteiger partial charge on any atom is 0.255 e. The minimum absolute atomic E-state index is 0.0794. The zero-order valence-corrected chi connectivity index (χ0v) is 16.6. The highest BCUT2D eigenvalue weighted by atomic mass is 16.1. The number of hydrogen-bond donors (Lipinski definition) is 1. The molecule has 0 aliphatic carbocycles. The fraction of sp³-hybridized carbons (Fsp3) is 0.261. The van der Waals surface area contributed by atoms with Gasteiger partial charge in [-0.2, -0.15) is 10.2 Å². The van der Waals surface area contributed by atoms with Crippen molar-refractivity contribution in [3.8, 4) is 16.9 Å². The van der Waals surface area contributed by atoms with E-state index in [1.54, 1.807) is 10.6 Å². The SMILES string of the molecule is Cc1ccc(-c2ccn(-c3ccc4c5c(n(C)c4c3)CCNCC5)c(=O)c2)nn1. The average molecular weight is 385 g/mol. The van der Waals surface area contributed by atoms with Crippen LogP contribution in [0, 0.1) is 6.92 Å². The molecule has 1 N–H and O–H groups in total. The number of fused-ring (bicyclic) bond motifs is 3. The first kappa shape index (κ1) is 17.8. The molecule has 0 spiro atoms. The van der Waals surface area contributed by atoms with E-state index in [-0.39, 0.29) is 5.56 Å². The Labute approximate surface area is 168 Å². The van der Waals surface area contributed by atoms with Crippen molar-refractivity contribution >= 4 is 10.9 Å². The van der Waals surface area contributed by atoms with Gasteiger partial charge < -0.3 is 9.88 Å². The summed E-state index contributed by atoms with van der Waals surface area (Å²) in [7, 11) is 2.12. The lowest BCUT2D eigenvalue weighted by atomic mass is 10.1. The highest BCUT2D eigenvalue weighted by Crippen LogP contribution is 2.29. The van der Waals surface area contributed by atoms with Gasteiger partial charge in [0, 0.05) is 48.9 Å². The van der Waals surface area contributed by atoms with Crippen molar-refractivity contribution < 1.29 is 0 Å². The lowest BCUT2D eigenvalue weighted by molar-refractivity contribution is 0.699. The van der Waals surface area contributed by atoms with Gasteiger partial charge in [-0.25, -0.2) is 0 Å². The second kappa shape index (κ2) is 6.97. The van der Waals surface area contributed by atoms with Crippen LogP contribution in [0.1, 0.15) is 17.0 Å². The normalized spacial score (nSPS) is 14.0. The Balaban J connectivity index is 1.58. The summed E-state index contributed by atoms with van der Waals surface area (Å²) in [6.07, 6.45) is 3.89. The van der Waals surface area contributed by atoms with Crippen LogP contribution in [0.5, 0.6) is 0 Å². The molecule has 0 atom stereocenters. The van der Waals surface area contributed by atoms with Gasteiger partial charge in [0.2, 0.25) is 0 Å². The lowest BCUT2D eigenvalue weighted by Crippen LogP contribution is -2.17. The third-order valence-corrected chi connectivity index (χ3v) is 5.80. The fourth-order valence-electron chi connectivity index (χ4n) is 4.25. The standard InChI is InChI=1S/C23H23N5O/c1-15-3-6-20(26-25-15)16-9-12-28(23(29)13-16)17-4-5-18-19-7-10-24-11-8-21(19)27(2)22(18)14-17/h3-6,9,12-14,24H,7-8,10-11H2,1-2H3. The summed E-state index contributed by atoms with van der Waals surface area (Å²) in [5.74, 6) is 0. The van der Waals surface area contributed by atoms with Gasteiger partial charge in [-0.15, -0.1) is 0 Å². The molecule has 0 radical (unpaired) electrons. The summed E-state index contributed by atoms with van der Waals surface area (Å²) in [4.78, 5) is 12.8. The van der Waals surface area contributed by atoms with Crippen molar-refractivity contribution in [2.24, 2.45) is 7.05 Å². The van der Waals surface area contributed by atoms with Crippen molar-refractivity contribution in [1.29, 1.82) is 0 Å². The number of nitrogens with zero attached hydrogens (tertiary/aromatic N) is 4. The number of pyridine rings is 1. The van der Waals surface area contributed by atoms with E-state index in [4.69, 9.17) is 0 Å². The van der Waals surface area contributed by atoms with E-state index >= 15 is 0 Å². The Hall–Kier alpha value is -3.25. The van der Waals surface area contributed by atoms with E-state index in [2.05, 4.69) is 39.3 Å². The van der Waals surface area contributed by atoms with Crippen LogP contribution in [0.2, 0.25) is 0 Å². The monoisotopic (exact) mass is 385 g/mol. The fourth-order valence-corrected chi connectivity index (χ4v) is 4.25. The van der Waals surface area contributed by atoms with E-state index in [1.165, 1.54) is 22.2 Å². The molecule has 0 unspecified atom stereocenters. The first-order valence-electron chi connectivity index (χ1n) is 9.96. The smallest absolute Gasteiger partial charge is 0.255 e. The second-order valence-electron chi connectivity index (χ2n) is 7.62. The quantitative estimate of drug-likeness (QED) is 0.576. The number of aryl methyl sites for hydroxylation is 2. The van der Waals surface area contributed by atoms with Gasteiger partial charge in [0.05, 0.1) is 22.6 Å². The number of nitrogens with one attached hydrogen (secondary N) is 1. The van der Waals surface area contributed by atoms with Gasteiger partial charge >= 0.3 is 0 Å². The Morgan fingerprint density at radius 3 is 2.66 bits per heavy atom. The van der Waals surface area contributed by atoms with Crippen LogP contribution in [0.15, 0.2) is 53.5 Å². The molecular weight excluding hydrogens is 362 g/mol. The van der Waals surface area contributed by atoms with Gasteiger partial charge in [-0.3, -0.25) is 9.36 Å². The van der Waals surface area contributed by atoms with Crippen LogP contribution in [0.4, 0.5) is 0 Å². The summed E-state index contributed by atoms with van der Waals surface area (Å²) in [6, 6.07) is 13.6. The second-order valence-corrected chi connectivity index (χ2v) is 7.62. The largest absolute Gasteiger partial charge is 0.347 e. The molecule has 0 amide bonds. The average Bonchev–Trinajstić information content (AvgIpc) is 2.89. The summed E-state index contributed by atoms with van der Waals surface area (Å²) in [5, 5.41) is 13.0. The maximum atomic E-state index is 12.8. The molecule has 4 aromatic rings. The molecule has 0 saturated heterocycles. The van der Waals surface area contributed by atoms with Gasteiger partial charge in [0.1, 0.15) is 0 Å². The van der Waals surface area contributed by atoms with Crippen LogP contribution in [-0.4, -0.2) is 32.4 Å². The molecule has 0 saturated carbocycles. The zero-order valence-electron chi connectivity index (χ0n) is 16.6. The van der Waals surface area contributed by atoms with Crippen LogP contribution in [0.3, 0.4) is 0 Å². The number of aromatic nitrogens is 4. The van der Waals surface area contributed by atoms with Crippen molar-refractivity contribution in [3.05, 3.63) is 76.0 Å². The minimum atomic E-state index is -0.0794. The number of benzene rings is 1. The lowest BCUT2D eigenvalue weighted by Gasteiger charge is -2.09. The van der Waals surface area contributed by atoms with Gasteiger partial charge in [-0.05, 0) is 55.8 Å². The molecule has 4 heterocycles. The van der Waals surface area contributed by atoms with E-state index in [1.807, 2.05) is 37.4 Å².